The minimum absolute atomic E-state index is 0.638. The van der Waals surface area contributed by atoms with Gasteiger partial charge in [0.25, 0.3) is 0 Å². The van der Waals surface area contributed by atoms with Crippen molar-refractivity contribution in [2.45, 2.75) is 20.0 Å². The molecule has 0 bridgehead atoms. The normalized spacial score (nSPS) is 10.5. The molecule has 17 heavy (non-hydrogen) atoms. The third-order valence-electron chi connectivity index (χ3n) is 2.33. The molecule has 0 fully saturated rings. The van der Waals surface area contributed by atoms with Crippen LogP contribution in [0, 0.1) is 6.92 Å². The van der Waals surface area contributed by atoms with E-state index in [-0.39, 0.29) is 0 Å². The van der Waals surface area contributed by atoms with E-state index in [9.17, 15) is 0 Å². The van der Waals surface area contributed by atoms with E-state index in [1.165, 1.54) is 0 Å². The number of methoxy groups -OCH3 is 1. The molecule has 2 rings (SSSR count). The van der Waals surface area contributed by atoms with Crippen molar-refractivity contribution in [3.63, 3.8) is 0 Å². The Morgan fingerprint density at radius 2 is 2.29 bits per heavy atom. The average Bonchev–Trinajstić information content (AvgIpc) is 2.76. The molecule has 0 amide bonds. The molecule has 2 heterocycles. The van der Waals surface area contributed by atoms with Gasteiger partial charge >= 0.3 is 0 Å². The van der Waals surface area contributed by atoms with Crippen LogP contribution in [0.5, 0.6) is 5.88 Å². The zero-order valence-electron chi connectivity index (χ0n) is 9.93. The van der Waals surface area contributed by atoms with Crippen LogP contribution in [0.15, 0.2) is 28.9 Å². The molecule has 0 aliphatic carbocycles. The molecule has 5 heteroatoms. The summed E-state index contributed by atoms with van der Waals surface area (Å²) in [5.74, 6) is 1.47. The summed E-state index contributed by atoms with van der Waals surface area (Å²) in [7, 11) is 1.62. The third kappa shape index (κ3) is 3.04. The summed E-state index contributed by atoms with van der Waals surface area (Å²) in [4.78, 5) is 4.13. The number of nitrogens with one attached hydrogen (secondary N) is 1. The van der Waals surface area contributed by atoms with Crippen LogP contribution in [0.25, 0.3) is 0 Å². The second-order valence-electron chi connectivity index (χ2n) is 3.71. The number of nitrogens with zero attached hydrogens (tertiary/aromatic N) is 2. The highest BCUT2D eigenvalue weighted by atomic mass is 16.5. The van der Waals surface area contributed by atoms with Crippen molar-refractivity contribution in [1.29, 1.82) is 0 Å². The topological polar surface area (TPSA) is 60.2 Å². The molecular weight excluding hydrogens is 218 g/mol. The lowest BCUT2D eigenvalue weighted by Gasteiger charge is -2.06. The van der Waals surface area contributed by atoms with E-state index in [4.69, 9.17) is 9.26 Å². The van der Waals surface area contributed by atoms with Crippen LogP contribution in [0.2, 0.25) is 0 Å². The summed E-state index contributed by atoms with van der Waals surface area (Å²) < 4.78 is 10.3. The van der Waals surface area contributed by atoms with E-state index >= 15 is 0 Å². The van der Waals surface area contributed by atoms with Gasteiger partial charge in [-0.15, -0.1) is 0 Å². The van der Waals surface area contributed by atoms with Gasteiger partial charge < -0.3 is 14.6 Å². The van der Waals surface area contributed by atoms with Crippen molar-refractivity contribution in [2.24, 2.45) is 0 Å². The van der Waals surface area contributed by atoms with E-state index in [1.807, 2.05) is 25.1 Å². The van der Waals surface area contributed by atoms with Crippen molar-refractivity contribution in [1.82, 2.24) is 15.5 Å². The fraction of sp³-hybridized carbons (Fsp3) is 0.333. The van der Waals surface area contributed by atoms with E-state index in [0.717, 1.165) is 17.0 Å². The summed E-state index contributed by atoms with van der Waals surface area (Å²) in [6.45, 7) is 3.22. The predicted octanol–water partition coefficient (Wildman–Crippen LogP) is 1.68. The molecule has 90 valence electrons. The molecule has 0 aliphatic heterocycles. The van der Waals surface area contributed by atoms with Gasteiger partial charge in [-0.3, -0.25) is 0 Å². The Kier molecular flexibility index (Phi) is 3.72. The first-order valence-corrected chi connectivity index (χ1v) is 5.40. The lowest BCUT2D eigenvalue weighted by molar-refractivity contribution is 0.366. The van der Waals surface area contributed by atoms with Crippen LogP contribution in [-0.4, -0.2) is 17.3 Å². The maximum Gasteiger partial charge on any atom is 0.217 e. The SMILES string of the molecule is COc1ncccc1CNCc1cc(C)no1. The highest BCUT2D eigenvalue weighted by molar-refractivity contribution is 5.25. The molecule has 2 aromatic heterocycles. The second kappa shape index (κ2) is 5.45. The van der Waals surface area contributed by atoms with Gasteiger partial charge in [-0.25, -0.2) is 4.98 Å². The van der Waals surface area contributed by atoms with Gasteiger partial charge in [0.05, 0.1) is 19.3 Å². The average molecular weight is 233 g/mol. The standard InChI is InChI=1S/C12H15N3O2/c1-9-6-11(17-15-9)8-13-7-10-4-3-5-14-12(10)16-2/h3-6,13H,7-8H2,1-2H3. The van der Waals surface area contributed by atoms with Crippen molar-refractivity contribution in [3.05, 3.63) is 41.4 Å². The minimum Gasteiger partial charge on any atom is -0.481 e. The van der Waals surface area contributed by atoms with E-state index in [0.29, 0.717) is 19.0 Å². The first-order chi connectivity index (χ1) is 8.29. The van der Waals surface area contributed by atoms with Crippen LogP contribution in [0.4, 0.5) is 0 Å². The van der Waals surface area contributed by atoms with Crippen molar-refractivity contribution in [3.8, 4) is 5.88 Å². The van der Waals surface area contributed by atoms with Gasteiger partial charge in [0.1, 0.15) is 0 Å². The maximum atomic E-state index is 5.17. The minimum atomic E-state index is 0.638. The van der Waals surface area contributed by atoms with Crippen molar-refractivity contribution < 1.29 is 9.26 Å². The molecule has 5 nitrogen and oxygen atoms in total. The number of hydrogen-bond donors (Lipinski definition) is 1. The van der Waals surface area contributed by atoms with Crippen LogP contribution in [0.1, 0.15) is 17.0 Å². The van der Waals surface area contributed by atoms with Crippen LogP contribution in [0.3, 0.4) is 0 Å². The summed E-state index contributed by atoms with van der Waals surface area (Å²) in [6, 6.07) is 5.77. The molecule has 0 saturated carbocycles. The fourth-order valence-electron chi connectivity index (χ4n) is 1.56. The largest absolute Gasteiger partial charge is 0.481 e. The van der Waals surface area contributed by atoms with Gasteiger partial charge in [0, 0.05) is 24.4 Å². The summed E-state index contributed by atoms with van der Waals surface area (Å²) >= 11 is 0. The smallest absolute Gasteiger partial charge is 0.217 e. The number of aryl methyl sites for hydroxylation is 1. The first kappa shape index (κ1) is 11.6. The van der Waals surface area contributed by atoms with E-state index in [1.54, 1.807) is 13.3 Å². The summed E-state index contributed by atoms with van der Waals surface area (Å²) in [5, 5.41) is 7.08. The molecular formula is C12H15N3O2. The van der Waals surface area contributed by atoms with Crippen LogP contribution in [-0.2, 0) is 13.1 Å². The number of aromatic nitrogens is 2. The Morgan fingerprint density at radius 1 is 1.41 bits per heavy atom. The van der Waals surface area contributed by atoms with Crippen molar-refractivity contribution >= 4 is 0 Å². The second-order valence-corrected chi connectivity index (χ2v) is 3.71. The number of rotatable bonds is 5. The molecule has 0 aromatic carbocycles. The first-order valence-electron chi connectivity index (χ1n) is 5.40. The number of pyridine rings is 1. The Balaban J connectivity index is 1.89. The zero-order chi connectivity index (χ0) is 12.1. The molecule has 2 aromatic rings. The van der Waals surface area contributed by atoms with Gasteiger partial charge in [-0.1, -0.05) is 11.2 Å². The Morgan fingerprint density at radius 3 is 3.00 bits per heavy atom. The van der Waals surface area contributed by atoms with Gasteiger partial charge in [-0.05, 0) is 13.0 Å². The predicted molar refractivity (Wildman–Crippen MR) is 62.6 cm³/mol. The Hall–Kier alpha value is -1.88. The van der Waals surface area contributed by atoms with Crippen molar-refractivity contribution in [2.75, 3.05) is 7.11 Å². The summed E-state index contributed by atoms with van der Waals surface area (Å²) in [6.07, 6.45) is 1.71. The van der Waals surface area contributed by atoms with Crippen LogP contribution >= 0.6 is 0 Å². The quantitative estimate of drug-likeness (QED) is 0.851. The van der Waals surface area contributed by atoms with Gasteiger partial charge in [0.2, 0.25) is 5.88 Å². The maximum absolute atomic E-state index is 5.17. The molecule has 0 unspecified atom stereocenters. The molecule has 0 spiro atoms. The Bertz CT molecular complexity index is 482. The van der Waals surface area contributed by atoms with E-state index in [2.05, 4.69) is 15.5 Å². The molecule has 0 atom stereocenters. The number of hydrogen-bond acceptors (Lipinski definition) is 5. The fourth-order valence-corrected chi connectivity index (χ4v) is 1.56. The molecule has 0 saturated heterocycles. The lowest BCUT2D eigenvalue weighted by atomic mass is 10.2. The van der Waals surface area contributed by atoms with Gasteiger partial charge in [0.15, 0.2) is 5.76 Å². The monoisotopic (exact) mass is 233 g/mol. The Labute approximate surface area is 99.8 Å². The van der Waals surface area contributed by atoms with Crippen LogP contribution < -0.4 is 10.1 Å². The summed E-state index contributed by atoms with van der Waals surface area (Å²) in [5.41, 5.74) is 1.91. The lowest BCUT2D eigenvalue weighted by Crippen LogP contribution is -2.13. The van der Waals surface area contributed by atoms with Gasteiger partial charge in [-0.2, -0.15) is 0 Å². The third-order valence-corrected chi connectivity index (χ3v) is 2.33. The molecule has 0 aliphatic rings. The zero-order valence-corrected chi connectivity index (χ0v) is 9.93. The highest BCUT2D eigenvalue weighted by Crippen LogP contribution is 2.13. The number of ether oxygens (including phenoxy) is 1. The highest BCUT2D eigenvalue weighted by Gasteiger charge is 2.04. The molecule has 0 radical (unpaired) electrons. The van der Waals surface area contributed by atoms with E-state index < -0.39 is 0 Å². The molecule has 1 N–H and O–H groups in total.